The van der Waals surface area contributed by atoms with E-state index in [0.29, 0.717) is 24.3 Å². The second-order valence-electron chi connectivity index (χ2n) is 6.97. The molecule has 0 saturated heterocycles. The second-order valence-corrected chi connectivity index (χ2v) is 7.77. The highest BCUT2D eigenvalue weighted by atomic mass is 35.5. The maximum Gasteiger partial charge on any atom is 0.199 e. The number of hydrogen-bond donors (Lipinski definition) is 0. The van der Waals surface area contributed by atoms with Gasteiger partial charge in [-0.3, -0.25) is 14.5 Å². The number of ether oxygens (including phenoxy) is 1. The van der Waals surface area contributed by atoms with Gasteiger partial charge in [-0.2, -0.15) is 5.10 Å². The lowest BCUT2D eigenvalue weighted by molar-refractivity contribution is 0.197. The van der Waals surface area contributed by atoms with E-state index in [1.165, 1.54) is 0 Å². The molecule has 0 bridgehead atoms. The Hall–Kier alpha value is -2.22. The van der Waals surface area contributed by atoms with Crippen molar-refractivity contribution in [3.05, 3.63) is 58.6 Å². The van der Waals surface area contributed by atoms with Gasteiger partial charge in [-0.25, -0.2) is 4.68 Å². The van der Waals surface area contributed by atoms with Crippen LogP contribution in [0.1, 0.15) is 18.9 Å². The molecule has 28 heavy (non-hydrogen) atoms. The molecule has 2 aromatic heterocycles. The molecular weight excluding hydrogens is 394 g/mol. The molecule has 0 atom stereocenters. The number of benzene rings is 1. The number of hydrogen-bond acceptors (Lipinski definition) is 5. The fourth-order valence-electron chi connectivity index (χ4n) is 3.02. The molecule has 4 rings (SSSR count). The maximum absolute atomic E-state index is 5.90. The van der Waals surface area contributed by atoms with Gasteiger partial charge in [-0.05, 0) is 68.5 Å². The number of nitrogens with zero attached hydrogens (tertiary/aromatic N) is 5. The average molecular weight is 416 g/mol. The lowest BCUT2D eigenvalue weighted by Gasteiger charge is -2.16. The van der Waals surface area contributed by atoms with E-state index in [1.54, 1.807) is 12.4 Å². The van der Waals surface area contributed by atoms with Crippen LogP contribution in [0.3, 0.4) is 0 Å². The van der Waals surface area contributed by atoms with Gasteiger partial charge in [0.2, 0.25) is 0 Å². The number of rotatable bonds is 8. The summed E-state index contributed by atoms with van der Waals surface area (Å²) >= 11 is 11.6. The standard InChI is InChI=1S/C20H22ClN5OS/c1-24(12-13-27-18-6-2-16(21)3-7-18)14-25-20(28)26(17-4-5-17)19(23-25)15-8-10-22-11-9-15/h2-3,6-11,17H,4-5,12-14H2,1H3. The molecule has 0 amide bonds. The predicted molar refractivity (Wildman–Crippen MR) is 112 cm³/mol. The first kappa shape index (κ1) is 19.1. The molecule has 0 N–H and O–H groups in total. The zero-order valence-corrected chi connectivity index (χ0v) is 17.2. The van der Waals surface area contributed by atoms with E-state index in [0.717, 1.165) is 41.3 Å². The minimum Gasteiger partial charge on any atom is -0.492 e. The van der Waals surface area contributed by atoms with E-state index in [2.05, 4.69) is 14.5 Å². The van der Waals surface area contributed by atoms with Gasteiger partial charge in [0.05, 0.1) is 6.67 Å². The van der Waals surface area contributed by atoms with Crippen molar-refractivity contribution in [3.8, 4) is 17.1 Å². The molecule has 6 nitrogen and oxygen atoms in total. The summed E-state index contributed by atoms with van der Waals surface area (Å²) in [6.07, 6.45) is 5.88. The van der Waals surface area contributed by atoms with Crippen molar-refractivity contribution < 1.29 is 4.74 Å². The van der Waals surface area contributed by atoms with Crippen LogP contribution in [-0.2, 0) is 6.67 Å². The summed E-state index contributed by atoms with van der Waals surface area (Å²) in [7, 11) is 2.04. The van der Waals surface area contributed by atoms with Crippen LogP contribution < -0.4 is 4.74 Å². The fraction of sp³-hybridized carbons (Fsp3) is 0.350. The quantitative estimate of drug-likeness (QED) is 0.509. The highest BCUT2D eigenvalue weighted by Crippen LogP contribution is 2.38. The lowest BCUT2D eigenvalue weighted by Crippen LogP contribution is -2.27. The van der Waals surface area contributed by atoms with Crippen molar-refractivity contribution in [2.45, 2.75) is 25.6 Å². The first-order valence-electron chi connectivity index (χ1n) is 9.28. The smallest absolute Gasteiger partial charge is 0.199 e. The summed E-state index contributed by atoms with van der Waals surface area (Å²) in [6.45, 7) is 1.94. The van der Waals surface area contributed by atoms with Crippen LogP contribution in [-0.4, -0.2) is 44.4 Å². The molecule has 0 radical (unpaired) electrons. The van der Waals surface area contributed by atoms with Crippen molar-refractivity contribution in [2.24, 2.45) is 0 Å². The van der Waals surface area contributed by atoms with Crippen LogP contribution in [0, 0.1) is 4.77 Å². The van der Waals surface area contributed by atoms with E-state index in [9.17, 15) is 0 Å². The molecule has 0 spiro atoms. The molecule has 146 valence electrons. The van der Waals surface area contributed by atoms with Gasteiger partial charge in [0.25, 0.3) is 0 Å². The van der Waals surface area contributed by atoms with Crippen molar-refractivity contribution in [1.29, 1.82) is 0 Å². The molecule has 1 aliphatic rings. The van der Waals surface area contributed by atoms with Gasteiger partial charge in [0, 0.05) is 35.6 Å². The van der Waals surface area contributed by atoms with E-state index in [4.69, 9.17) is 33.7 Å². The summed E-state index contributed by atoms with van der Waals surface area (Å²) in [6, 6.07) is 11.8. The highest BCUT2D eigenvalue weighted by molar-refractivity contribution is 7.71. The summed E-state index contributed by atoms with van der Waals surface area (Å²) in [4.78, 5) is 6.25. The van der Waals surface area contributed by atoms with E-state index in [1.807, 2.05) is 48.1 Å². The third-order valence-corrected chi connectivity index (χ3v) is 5.31. The maximum atomic E-state index is 5.90. The Kier molecular flexibility index (Phi) is 5.75. The first-order valence-corrected chi connectivity index (χ1v) is 10.1. The summed E-state index contributed by atoms with van der Waals surface area (Å²) < 4.78 is 10.6. The number of likely N-dealkylation sites (N-methyl/N-ethyl adjacent to an activating group) is 1. The normalized spacial score (nSPS) is 13.8. The first-order chi connectivity index (χ1) is 13.6. The Morgan fingerprint density at radius 2 is 1.89 bits per heavy atom. The van der Waals surface area contributed by atoms with Gasteiger partial charge in [0.1, 0.15) is 12.4 Å². The van der Waals surface area contributed by atoms with E-state index >= 15 is 0 Å². The molecule has 1 saturated carbocycles. The lowest BCUT2D eigenvalue weighted by atomic mass is 10.2. The summed E-state index contributed by atoms with van der Waals surface area (Å²) in [5, 5.41) is 5.51. The summed E-state index contributed by atoms with van der Waals surface area (Å²) in [5.74, 6) is 1.73. The molecule has 2 heterocycles. The number of halogens is 1. The second kappa shape index (κ2) is 8.43. The molecule has 0 unspecified atom stereocenters. The topological polar surface area (TPSA) is 48.1 Å². The van der Waals surface area contributed by atoms with Crippen LogP contribution in [0.5, 0.6) is 5.75 Å². The molecule has 1 aromatic carbocycles. The van der Waals surface area contributed by atoms with E-state index < -0.39 is 0 Å². The monoisotopic (exact) mass is 415 g/mol. The third-order valence-electron chi connectivity index (χ3n) is 4.65. The van der Waals surface area contributed by atoms with Crippen LogP contribution >= 0.6 is 23.8 Å². The molecule has 1 aliphatic carbocycles. The van der Waals surface area contributed by atoms with Gasteiger partial charge in [-0.15, -0.1) is 0 Å². The molecule has 3 aromatic rings. The van der Waals surface area contributed by atoms with Gasteiger partial charge < -0.3 is 4.74 Å². The summed E-state index contributed by atoms with van der Waals surface area (Å²) in [5.41, 5.74) is 1.04. The van der Waals surface area contributed by atoms with Crippen LogP contribution in [0.2, 0.25) is 5.02 Å². The van der Waals surface area contributed by atoms with Crippen LogP contribution in [0.4, 0.5) is 0 Å². The van der Waals surface area contributed by atoms with Crippen molar-refractivity contribution in [1.82, 2.24) is 24.2 Å². The minimum atomic E-state index is 0.461. The van der Waals surface area contributed by atoms with E-state index in [-0.39, 0.29) is 0 Å². The molecule has 0 aliphatic heterocycles. The largest absolute Gasteiger partial charge is 0.492 e. The highest BCUT2D eigenvalue weighted by Gasteiger charge is 2.29. The van der Waals surface area contributed by atoms with Crippen molar-refractivity contribution in [3.63, 3.8) is 0 Å². The number of aromatic nitrogens is 4. The van der Waals surface area contributed by atoms with Gasteiger partial charge in [-0.1, -0.05) is 11.6 Å². The van der Waals surface area contributed by atoms with Crippen molar-refractivity contribution in [2.75, 3.05) is 20.2 Å². The Labute approximate surface area is 174 Å². The minimum absolute atomic E-state index is 0.461. The average Bonchev–Trinajstić information content (AvgIpc) is 3.49. The Balaban J connectivity index is 1.43. The number of pyridine rings is 1. The van der Waals surface area contributed by atoms with Crippen LogP contribution in [0.25, 0.3) is 11.4 Å². The Morgan fingerprint density at radius 3 is 2.57 bits per heavy atom. The Morgan fingerprint density at radius 1 is 1.18 bits per heavy atom. The fourth-order valence-corrected chi connectivity index (χ4v) is 3.48. The molecule has 1 fully saturated rings. The van der Waals surface area contributed by atoms with Gasteiger partial charge in [0.15, 0.2) is 10.6 Å². The zero-order valence-electron chi connectivity index (χ0n) is 15.7. The molecular formula is C20H22ClN5OS. The molecule has 8 heteroatoms. The van der Waals surface area contributed by atoms with Gasteiger partial charge >= 0.3 is 0 Å². The van der Waals surface area contributed by atoms with Crippen LogP contribution in [0.15, 0.2) is 48.8 Å². The zero-order chi connectivity index (χ0) is 19.5. The SMILES string of the molecule is CN(CCOc1ccc(Cl)cc1)Cn1nc(-c2ccncc2)n(C2CC2)c1=S. The predicted octanol–water partition coefficient (Wildman–Crippen LogP) is 4.43. The third kappa shape index (κ3) is 4.43. The Bertz CT molecular complexity index is 982. The van der Waals surface area contributed by atoms with Crippen molar-refractivity contribution >= 4 is 23.8 Å².